The lowest BCUT2D eigenvalue weighted by Gasteiger charge is -2.36. The predicted octanol–water partition coefficient (Wildman–Crippen LogP) is 2.17. The Hall–Kier alpha value is -2.77. The number of imidazole rings is 1. The number of ether oxygens (including phenoxy) is 2. The molecule has 3 aromatic rings. The van der Waals surface area contributed by atoms with Crippen molar-refractivity contribution in [1.29, 1.82) is 0 Å². The van der Waals surface area contributed by atoms with E-state index in [4.69, 9.17) is 9.47 Å². The molecule has 0 amide bonds. The largest absolute Gasteiger partial charge is 0.486 e. The highest BCUT2D eigenvalue weighted by Crippen LogP contribution is 2.32. The number of rotatable bonds is 4. The first-order chi connectivity index (χ1) is 14.2. The number of aromatic amines is 1. The van der Waals surface area contributed by atoms with Crippen LogP contribution in [0.5, 0.6) is 11.5 Å². The molecule has 2 atom stereocenters. The van der Waals surface area contributed by atoms with Gasteiger partial charge in [0.15, 0.2) is 17.6 Å². The summed E-state index contributed by atoms with van der Waals surface area (Å²) in [6.45, 7) is 2.54. The van der Waals surface area contributed by atoms with E-state index in [0.29, 0.717) is 18.9 Å². The van der Waals surface area contributed by atoms with Gasteiger partial charge in [-0.05, 0) is 37.1 Å². The summed E-state index contributed by atoms with van der Waals surface area (Å²) >= 11 is 0. The molecule has 152 valence electrons. The molecule has 0 unspecified atom stereocenters. The van der Waals surface area contributed by atoms with E-state index in [0.717, 1.165) is 42.7 Å². The Morgan fingerprint density at radius 2 is 1.79 bits per heavy atom. The highest BCUT2D eigenvalue weighted by molar-refractivity contribution is 5.75. The van der Waals surface area contributed by atoms with Gasteiger partial charge in [0.05, 0.1) is 11.0 Å². The van der Waals surface area contributed by atoms with Gasteiger partial charge in [0.2, 0.25) is 0 Å². The fraction of sp³-hybridized carbons (Fsp3) is 0.409. The van der Waals surface area contributed by atoms with Crippen molar-refractivity contribution >= 4 is 11.0 Å². The van der Waals surface area contributed by atoms with Gasteiger partial charge in [-0.15, -0.1) is 0 Å². The molecule has 2 aliphatic heterocycles. The number of para-hydroxylation sites is 4. The third-order valence-electron chi connectivity index (χ3n) is 5.95. The number of aliphatic hydroxyl groups is 1. The van der Waals surface area contributed by atoms with E-state index >= 15 is 0 Å². The van der Waals surface area contributed by atoms with Crippen molar-refractivity contribution in [2.45, 2.75) is 31.1 Å². The quantitative estimate of drug-likeness (QED) is 0.708. The Labute approximate surface area is 168 Å². The van der Waals surface area contributed by atoms with Gasteiger partial charge in [-0.3, -0.25) is 4.57 Å². The molecule has 2 aromatic carbocycles. The van der Waals surface area contributed by atoms with E-state index < -0.39 is 6.10 Å². The van der Waals surface area contributed by atoms with Crippen LogP contribution in [0.25, 0.3) is 11.0 Å². The second-order valence-corrected chi connectivity index (χ2v) is 7.83. The molecular formula is C22H25N3O4. The van der Waals surface area contributed by atoms with Crippen molar-refractivity contribution < 1.29 is 14.6 Å². The Morgan fingerprint density at radius 1 is 1.07 bits per heavy atom. The minimum absolute atomic E-state index is 0.0453. The molecule has 0 spiro atoms. The van der Waals surface area contributed by atoms with E-state index in [1.807, 2.05) is 53.1 Å². The van der Waals surface area contributed by atoms with Crippen LogP contribution >= 0.6 is 0 Å². The Kier molecular flexibility index (Phi) is 4.77. The highest BCUT2D eigenvalue weighted by atomic mass is 16.6. The summed E-state index contributed by atoms with van der Waals surface area (Å²) in [4.78, 5) is 17.6. The number of hydrogen-bond donors (Lipinski definition) is 2. The molecule has 3 heterocycles. The zero-order valence-electron chi connectivity index (χ0n) is 16.2. The van der Waals surface area contributed by atoms with Crippen LogP contribution < -0.4 is 15.2 Å². The normalized spacial score (nSPS) is 21.3. The number of β-amino-alcohol motifs (C(OH)–C–C–N with tert-alkyl or cyclic N) is 1. The van der Waals surface area contributed by atoms with Crippen molar-refractivity contribution in [2.75, 3.05) is 26.2 Å². The zero-order chi connectivity index (χ0) is 19.8. The van der Waals surface area contributed by atoms with E-state index in [1.165, 1.54) is 0 Å². The lowest BCUT2D eigenvalue weighted by molar-refractivity contribution is -0.0289. The number of piperidine rings is 1. The third-order valence-corrected chi connectivity index (χ3v) is 5.95. The molecule has 1 saturated heterocycles. The summed E-state index contributed by atoms with van der Waals surface area (Å²) in [7, 11) is 0. The number of fused-ring (bicyclic) bond motifs is 2. The highest BCUT2D eigenvalue weighted by Gasteiger charge is 2.31. The van der Waals surface area contributed by atoms with Crippen molar-refractivity contribution in [3.8, 4) is 11.5 Å². The molecule has 2 aliphatic rings. The second-order valence-electron chi connectivity index (χ2n) is 7.83. The van der Waals surface area contributed by atoms with Crippen LogP contribution in [-0.4, -0.2) is 58.0 Å². The molecule has 7 nitrogen and oxygen atoms in total. The van der Waals surface area contributed by atoms with Crippen LogP contribution in [0.1, 0.15) is 18.9 Å². The van der Waals surface area contributed by atoms with E-state index in [-0.39, 0.29) is 17.8 Å². The first kappa shape index (κ1) is 18.3. The van der Waals surface area contributed by atoms with Gasteiger partial charge in [-0.2, -0.15) is 0 Å². The Balaban J connectivity index is 1.20. The van der Waals surface area contributed by atoms with E-state index in [9.17, 15) is 9.90 Å². The topological polar surface area (TPSA) is 79.7 Å². The lowest BCUT2D eigenvalue weighted by Crippen LogP contribution is -2.48. The van der Waals surface area contributed by atoms with E-state index in [1.54, 1.807) is 0 Å². The maximum absolute atomic E-state index is 12.4. The number of nitrogens with one attached hydrogen (secondary N) is 1. The molecule has 0 saturated carbocycles. The number of aromatic nitrogens is 2. The van der Waals surface area contributed by atoms with Gasteiger partial charge < -0.3 is 24.5 Å². The minimum Gasteiger partial charge on any atom is -0.486 e. The van der Waals surface area contributed by atoms with Crippen molar-refractivity contribution in [3.05, 3.63) is 59.0 Å². The van der Waals surface area contributed by atoms with Crippen molar-refractivity contribution in [2.24, 2.45) is 0 Å². The number of H-pyrrole nitrogens is 1. The van der Waals surface area contributed by atoms with Crippen LogP contribution in [-0.2, 0) is 0 Å². The van der Waals surface area contributed by atoms with Crippen LogP contribution in [0.3, 0.4) is 0 Å². The molecule has 2 N–H and O–H groups in total. The lowest BCUT2D eigenvalue weighted by atomic mass is 10.0. The van der Waals surface area contributed by atoms with Gasteiger partial charge in [0, 0.05) is 25.7 Å². The molecule has 0 bridgehead atoms. The van der Waals surface area contributed by atoms with Gasteiger partial charge in [-0.25, -0.2) is 4.79 Å². The van der Waals surface area contributed by atoms with Crippen LogP contribution in [0.4, 0.5) is 0 Å². The van der Waals surface area contributed by atoms with Gasteiger partial charge in [-0.1, -0.05) is 24.3 Å². The Morgan fingerprint density at radius 3 is 2.62 bits per heavy atom. The first-order valence-electron chi connectivity index (χ1n) is 10.2. The van der Waals surface area contributed by atoms with E-state index in [2.05, 4.69) is 9.88 Å². The number of nitrogens with zero attached hydrogens (tertiary/aromatic N) is 2. The summed E-state index contributed by atoms with van der Waals surface area (Å²) < 4.78 is 13.5. The fourth-order valence-corrected chi connectivity index (χ4v) is 4.40. The first-order valence-corrected chi connectivity index (χ1v) is 10.2. The fourth-order valence-electron chi connectivity index (χ4n) is 4.40. The molecule has 7 heteroatoms. The number of benzene rings is 2. The molecule has 0 radical (unpaired) electrons. The van der Waals surface area contributed by atoms with Crippen LogP contribution in [0.15, 0.2) is 53.3 Å². The number of hydrogen-bond acceptors (Lipinski definition) is 5. The monoisotopic (exact) mass is 395 g/mol. The van der Waals surface area contributed by atoms with Crippen molar-refractivity contribution in [3.63, 3.8) is 0 Å². The average molecular weight is 395 g/mol. The average Bonchev–Trinajstić information content (AvgIpc) is 3.09. The summed E-state index contributed by atoms with van der Waals surface area (Å²) in [5.41, 5.74) is 1.79. The molecule has 0 aliphatic carbocycles. The third kappa shape index (κ3) is 3.52. The van der Waals surface area contributed by atoms with Crippen LogP contribution in [0.2, 0.25) is 0 Å². The second kappa shape index (κ2) is 7.57. The van der Waals surface area contributed by atoms with Crippen LogP contribution in [0, 0.1) is 0 Å². The molecule has 5 rings (SSSR count). The standard InChI is InChI=1S/C22H25N3O4/c26-18(21-14-28-19-7-3-4-8-20(19)29-21)13-24-11-9-15(10-12-24)25-17-6-2-1-5-16(17)23-22(25)27/h1-8,15,18,21,26H,9-14H2,(H,23,27)/t18-,21-/m1/s1. The summed E-state index contributed by atoms with van der Waals surface area (Å²) in [5.74, 6) is 1.40. The maximum Gasteiger partial charge on any atom is 0.326 e. The molecular weight excluding hydrogens is 370 g/mol. The number of likely N-dealkylation sites (tertiary alicyclic amines) is 1. The summed E-state index contributed by atoms with van der Waals surface area (Å²) in [6, 6.07) is 15.5. The minimum atomic E-state index is -0.629. The molecule has 1 aromatic heterocycles. The smallest absolute Gasteiger partial charge is 0.326 e. The SMILES string of the molecule is O=c1[nH]c2ccccc2n1C1CCN(C[C@@H](O)[C@H]2COc3ccccc3O2)CC1. The van der Waals surface area contributed by atoms with Gasteiger partial charge in [0.1, 0.15) is 12.7 Å². The van der Waals surface area contributed by atoms with Crippen molar-refractivity contribution in [1.82, 2.24) is 14.5 Å². The Bertz CT molecular complexity index is 1050. The summed E-state index contributed by atoms with van der Waals surface area (Å²) in [6.07, 6.45) is 0.744. The van der Waals surface area contributed by atoms with Gasteiger partial charge in [0.25, 0.3) is 0 Å². The zero-order valence-corrected chi connectivity index (χ0v) is 16.2. The van der Waals surface area contributed by atoms with Gasteiger partial charge >= 0.3 is 5.69 Å². The maximum atomic E-state index is 12.4. The number of aliphatic hydroxyl groups excluding tert-OH is 1. The predicted molar refractivity (Wildman–Crippen MR) is 110 cm³/mol. The summed E-state index contributed by atoms with van der Waals surface area (Å²) in [5, 5.41) is 10.7. The molecule has 1 fully saturated rings. The molecule has 29 heavy (non-hydrogen) atoms.